The summed E-state index contributed by atoms with van der Waals surface area (Å²) < 4.78 is 1.85. The van der Waals surface area contributed by atoms with Gasteiger partial charge in [0, 0.05) is 24.5 Å². The molecule has 0 fully saturated rings. The molecule has 0 spiro atoms. The lowest BCUT2D eigenvalue weighted by Gasteiger charge is -2.11. The Hall–Kier alpha value is -1.68. The van der Waals surface area contributed by atoms with E-state index in [0.717, 1.165) is 36.6 Å². The lowest BCUT2D eigenvalue weighted by molar-refractivity contribution is 0.587. The molecule has 2 rings (SSSR count). The summed E-state index contributed by atoms with van der Waals surface area (Å²) in [6.07, 6.45) is 4.07. The summed E-state index contributed by atoms with van der Waals surface area (Å²) in [7, 11) is 0. The van der Waals surface area contributed by atoms with Gasteiger partial charge in [0.05, 0.1) is 5.69 Å². The summed E-state index contributed by atoms with van der Waals surface area (Å²) in [5.41, 5.74) is 3.41. The first-order chi connectivity index (χ1) is 9.58. The van der Waals surface area contributed by atoms with Crippen molar-refractivity contribution in [2.45, 2.75) is 53.1 Å². The Morgan fingerprint density at radius 1 is 1.30 bits per heavy atom. The topological polar surface area (TPSA) is 42.7 Å². The van der Waals surface area contributed by atoms with Crippen LogP contribution in [0.5, 0.6) is 0 Å². The van der Waals surface area contributed by atoms with Gasteiger partial charge in [-0.2, -0.15) is 5.10 Å². The van der Waals surface area contributed by atoms with Gasteiger partial charge in [-0.05, 0) is 37.1 Å². The minimum absolute atomic E-state index is 0.480. The maximum absolute atomic E-state index is 4.71. The van der Waals surface area contributed by atoms with Crippen LogP contribution in [0.3, 0.4) is 0 Å². The largest absolute Gasteiger partial charge is 0.310 e. The van der Waals surface area contributed by atoms with E-state index in [1.54, 1.807) is 0 Å². The van der Waals surface area contributed by atoms with Crippen molar-refractivity contribution in [3.05, 3.63) is 41.3 Å². The standard InChI is InChI=1S/C16H24N4/c1-5-6-15-9-14(11-17-12(2)3)10-16(18-15)20-8-7-13(4)19-20/h7-10,12,17H,5-6,11H2,1-4H3. The van der Waals surface area contributed by atoms with E-state index in [4.69, 9.17) is 4.98 Å². The van der Waals surface area contributed by atoms with Crippen LogP contribution >= 0.6 is 0 Å². The Morgan fingerprint density at radius 2 is 2.10 bits per heavy atom. The fraction of sp³-hybridized carbons (Fsp3) is 0.500. The van der Waals surface area contributed by atoms with Crippen molar-refractivity contribution in [3.8, 4) is 5.82 Å². The number of aromatic nitrogens is 3. The zero-order valence-electron chi connectivity index (χ0n) is 12.8. The van der Waals surface area contributed by atoms with E-state index in [2.05, 4.69) is 43.3 Å². The number of rotatable bonds is 6. The summed E-state index contributed by atoms with van der Waals surface area (Å²) in [5, 5.41) is 7.91. The summed E-state index contributed by atoms with van der Waals surface area (Å²) in [4.78, 5) is 4.71. The molecule has 0 atom stereocenters. The Labute approximate surface area is 121 Å². The van der Waals surface area contributed by atoms with Gasteiger partial charge in [0.1, 0.15) is 0 Å². The molecule has 0 saturated heterocycles. The molecule has 2 aromatic heterocycles. The maximum atomic E-state index is 4.71. The number of nitrogens with one attached hydrogen (secondary N) is 1. The smallest absolute Gasteiger partial charge is 0.153 e. The number of aryl methyl sites for hydroxylation is 2. The Kier molecular flexibility index (Phi) is 4.90. The highest BCUT2D eigenvalue weighted by molar-refractivity contribution is 5.31. The second-order valence-corrected chi connectivity index (χ2v) is 5.51. The predicted octanol–water partition coefficient (Wildman–Crippen LogP) is 3.03. The third-order valence-corrected chi connectivity index (χ3v) is 3.10. The minimum atomic E-state index is 0.480. The predicted molar refractivity (Wildman–Crippen MR) is 82.1 cm³/mol. The summed E-state index contributed by atoms with van der Waals surface area (Å²) in [6, 6.07) is 6.79. The van der Waals surface area contributed by atoms with Crippen molar-refractivity contribution >= 4 is 0 Å². The monoisotopic (exact) mass is 272 g/mol. The molecular formula is C16H24N4. The van der Waals surface area contributed by atoms with Gasteiger partial charge in [-0.15, -0.1) is 0 Å². The average molecular weight is 272 g/mol. The van der Waals surface area contributed by atoms with Crippen LogP contribution in [0.2, 0.25) is 0 Å². The molecule has 2 heterocycles. The molecule has 0 aliphatic carbocycles. The molecular weight excluding hydrogens is 248 g/mol. The lowest BCUT2D eigenvalue weighted by Crippen LogP contribution is -2.22. The van der Waals surface area contributed by atoms with Gasteiger partial charge in [-0.25, -0.2) is 9.67 Å². The molecule has 0 saturated carbocycles. The first-order valence-corrected chi connectivity index (χ1v) is 7.34. The van der Waals surface area contributed by atoms with Gasteiger partial charge >= 0.3 is 0 Å². The highest BCUT2D eigenvalue weighted by Gasteiger charge is 2.06. The zero-order chi connectivity index (χ0) is 14.5. The van der Waals surface area contributed by atoms with Crippen LogP contribution in [-0.2, 0) is 13.0 Å². The van der Waals surface area contributed by atoms with E-state index in [-0.39, 0.29) is 0 Å². The van der Waals surface area contributed by atoms with E-state index in [1.807, 2.05) is 23.9 Å². The van der Waals surface area contributed by atoms with Crippen molar-refractivity contribution in [2.75, 3.05) is 0 Å². The van der Waals surface area contributed by atoms with E-state index >= 15 is 0 Å². The number of nitrogens with zero attached hydrogens (tertiary/aromatic N) is 3. The second kappa shape index (κ2) is 6.66. The van der Waals surface area contributed by atoms with Gasteiger partial charge in [0.15, 0.2) is 5.82 Å². The van der Waals surface area contributed by atoms with Gasteiger partial charge in [0.25, 0.3) is 0 Å². The van der Waals surface area contributed by atoms with Crippen LogP contribution in [0.15, 0.2) is 24.4 Å². The number of hydrogen-bond acceptors (Lipinski definition) is 3. The van der Waals surface area contributed by atoms with Crippen molar-refractivity contribution in [3.63, 3.8) is 0 Å². The molecule has 0 aliphatic rings. The fourth-order valence-corrected chi connectivity index (χ4v) is 2.10. The van der Waals surface area contributed by atoms with Crippen molar-refractivity contribution in [2.24, 2.45) is 0 Å². The van der Waals surface area contributed by atoms with Crippen LogP contribution < -0.4 is 5.32 Å². The molecule has 1 N–H and O–H groups in total. The third kappa shape index (κ3) is 3.90. The van der Waals surface area contributed by atoms with E-state index < -0.39 is 0 Å². The molecule has 0 amide bonds. The van der Waals surface area contributed by atoms with Crippen LogP contribution in [0.1, 0.15) is 44.1 Å². The normalized spacial score (nSPS) is 11.2. The highest BCUT2D eigenvalue weighted by atomic mass is 15.3. The summed E-state index contributed by atoms with van der Waals surface area (Å²) in [6.45, 7) is 9.36. The second-order valence-electron chi connectivity index (χ2n) is 5.51. The Balaban J connectivity index is 2.30. The van der Waals surface area contributed by atoms with Crippen LogP contribution in [0.4, 0.5) is 0 Å². The number of pyridine rings is 1. The van der Waals surface area contributed by atoms with Crippen LogP contribution in [0, 0.1) is 6.92 Å². The van der Waals surface area contributed by atoms with E-state index in [0.29, 0.717) is 6.04 Å². The quantitative estimate of drug-likeness (QED) is 0.879. The van der Waals surface area contributed by atoms with Crippen LogP contribution in [-0.4, -0.2) is 20.8 Å². The molecule has 108 valence electrons. The first-order valence-electron chi connectivity index (χ1n) is 7.34. The number of hydrogen-bond donors (Lipinski definition) is 1. The van der Waals surface area contributed by atoms with Gasteiger partial charge < -0.3 is 5.32 Å². The summed E-state index contributed by atoms with van der Waals surface area (Å²) >= 11 is 0. The molecule has 0 radical (unpaired) electrons. The summed E-state index contributed by atoms with van der Waals surface area (Å²) in [5.74, 6) is 0.907. The Morgan fingerprint density at radius 3 is 2.70 bits per heavy atom. The molecule has 2 aromatic rings. The van der Waals surface area contributed by atoms with Gasteiger partial charge in [-0.3, -0.25) is 0 Å². The molecule has 0 unspecified atom stereocenters. The fourth-order valence-electron chi connectivity index (χ4n) is 2.10. The van der Waals surface area contributed by atoms with Crippen molar-refractivity contribution in [1.29, 1.82) is 0 Å². The average Bonchev–Trinajstić information content (AvgIpc) is 2.83. The minimum Gasteiger partial charge on any atom is -0.310 e. The molecule has 0 aliphatic heterocycles. The van der Waals surface area contributed by atoms with Gasteiger partial charge in [-0.1, -0.05) is 27.2 Å². The SMILES string of the molecule is CCCc1cc(CNC(C)C)cc(-n2ccc(C)n2)n1. The van der Waals surface area contributed by atoms with Gasteiger partial charge in [0.2, 0.25) is 0 Å². The maximum Gasteiger partial charge on any atom is 0.153 e. The molecule has 0 aromatic carbocycles. The highest BCUT2D eigenvalue weighted by Crippen LogP contribution is 2.12. The molecule has 20 heavy (non-hydrogen) atoms. The molecule has 0 bridgehead atoms. The van der Waals surface area contributed by atoms with Crippen LogP contribution in [0.25, 0.3) is 5.82 Å². The molecule has 4 nitrogen and oxygen atoms in total. The Bertz CT molecular complexity index is 557. The zero-order valence-corrected chi connectivity index (χ0v) is 12.8. The van der Waals surface area contributed by atoms with E-state index in [1.165, 1.54) is 5.56 Å². The first kappa shape index (κ1) is 14.7. The molecule has 4 heteroatoms. The third-order valence-electron chi connectivity index (χ3n) is 3.10. The van der Waals surface area contributed by atoms with Crippen molar-refractivity contribution < 1.29 is 0 Å². The van der Waals surface area contributed by atoms with E-state index in [9.17, 15) is 0 Å². The lowest BCUT2D eigenvalue weighted by atomic mass is 10.1. The van der Waals surface area contributed by atoms with Crippen molar-refractivity contribution in [1.82, 2.24) is 20.1 Å².